The average Bonchev–Trinajstić information content (AvgIpc) is 2.56. The highest BCUT2D eigenvalue weighted by Gasteiger charge is 2.20. The van der Waals surface area contributed by atoms with Crippen LogP contribution in [0.3, 0.4) is 0 Å². The topological polar surface area (TPSA) is 62.3 Å². The average molecular weight is 223 g/mol. The van der Waals surface area contributed by atoms with Crippen LogP contribution in [0, 0.1) is 12.7 Å². The zero-order chi connectivity index (χ0) is 11.9. The predicted molar refractivity (Wildman–Crippen MR) is 56.5 cm³/mol. The van der Waals surface area contributed by atoms with Crippen LogP contribution in [0.2, 0.25) is 0 Å². The summed E-state index contributed by atoms with van der Waals surface area (Å²) in [4.78, 5) is 13.8. The summed E-state index contributed by atoms with van der Waals surface area (Å²) in [5, 5.41) is 9.07. The van der Waals surface area contributed by atoms with Crippen molar-refractivity contribution in [2.45, 2.75) is 6.92 Å². The lowest BCUT2D eigenvalue weighted by Gasteiger charge is -2.02. The first-order chi connectivity index (χ1) is 7.56. The Kier molecular flexibility index (Phi) is 2.30. The van der Waals surface area contributed by atoms with Crippen molar-refractivity contribution in [3.8, 4) is 5.75 Å². The predicted octanol–water partition coefficient (Wildman–Crippen LogP) is 2.32. The molecule has 4 nitrogen and oxygen atoms in total. The SMILES string of the molecule is COc1ccc2[nH]c(C)c(C(=O)O)c2c1F. The molecule has 84 valence electrons. The molecule has 0 fully saturated rings. The molecule has 0 amide bonds. The first-order valence-electron chi connectivity index (χ1n) is 4.64. The number of H-pyrrole nitrogens is 1. The minimum atomic E-state index is -1.16. The normalized spacial score (nSPS) is 10.7. The Labute approximate surface area is 90.7 Å². The second kappa shape index (κ2) is 3.52. The summed E-state index contributed by atoms with van der Waals surface area (Å²) in [7, 11) is 1.34. The fourth-order valence-corrected chi connectivity index (χ4v) is 1.78. The fraction of sp³-hybridized carbons (Fsp3) is 0.182. The number of halogens is 1. The van der Waals surface area contributed by atoms with E-state index in [4.69, 9.17) is 9.84 Å². The highest BCUT2D eigenvalue weighted by atomic mass is 19.1. The Morgan fingerprint density at radius 1 is 1.50 bits per heavy atom. The Bertz CT molecular complexity index is 574. The molecule has 1 aromatic carbocycles. The molecule has 0 radical (unpaired) electrons. The number of aryl methyl sites for hydroxylation is 1. The van der Waals surface area contributed by atoms with E-state index in [9.17, 15) is 9.18 Å². The monoisotopic (exact) mass is 223 g/mol. The molecular weight excluding hydrogens is 213 g/mol. The van der Waals surface area contributed by atoms with Gasteiger partial charge in [-0.15, -0.1) is 0 Å². The maximum atomic E-state index is 13.9. The molecule has 5 heteroatoms. The molecule has 1 aromatic heterocycles. The summed E-state index contributed by atoms with van der Waals surface area (Å²) in [6, 6.07) is 3.05. The summed E-state index contributed by atoms with van der Waals surface area (Å²) in [6.07, 6.45) is 0. The number of ether oxygens (including phenoxy) is 1. The van der Waals surface area contributed by atoms with Gasteiger partial charge in [-0.3, -0.25) is 0 Å². The van der Waals surface area contributed by atoms with Gasteiger partial charge in [0.25, 0.3) is 0 Å². The molecule has 0 saturated carbocycles. The quantitative estimate of drug-likeness (QED) is 0.821. The van der Waals surface area contributed by atoms with Gasteiger partial charge in [-0.05, 0) is 19.1 Å². The second-order valence-electron chi connectivity index (χ2n) is 3.43. The molecule has 0 unspecified atom stereocenters. The molecule has 0 aliphatic rings. The van der Waals surface area contributed by atoms with Crippen LogP contribution in [-0.2, 0) is 0 Å². The minimum absolute atomic E-state index is 0.0361. The number of aromatic nitrogens is 1. The first kappa shape index (κ1) is 10.5. The van der Waals surface area contributed by atoms with Crippen molar-refractivity contribution in [2.24, 2.45) is 0 Å². The van der Waals surface area contributed by atoms with E-state index in [1.165, 1.54) is 13.2 Å². The Hall–Kier alpha value is -2.04. The summed E-state index contributed by atoms with van der Waals surface area (Å²) < 4.78 is 18.7. The van der Waals surface area contributed by atoms with Crippen molar-refractivity contribution in [1.82, 2.24) is 4.98 Å². The highest BCUT2D eigenvalue weighted by Crippen LogP contribution is 2.30. The third kappa shape index (κ3) is 1.32. The lowest BCUT2D eigenvalue weighted by molar-refractivity contribution is 0.0698. The number of aromatic amines is 1. The molecule has 1 heterocycles. The van der Waals surface area contributed by atoms with E-state index in [1.54, 1.807) is 13.0 Å². The molecule has 2 rings (SSSR count). The molecule has 2 N–H and O–H groups in total. The number of hydrogen-bond donors (Lipinski definition) is 2. The molecule has 0 atom stereocenters. The third-order valence-corrected chi connectivity index (χ3v) is 2.49. The molecule has 0 spiro atoms. The Balaban J connectivity index is 2.89. The van der Waals surface area contributed by atoms with Crippen LogP contribution in [-0.4, -0.2) is 23.2 Å². The number of nitrogens with one attached hydrogen (secondary N) is 1. The maximum absolute atomic E-state index is 13.9. The molecule has 0 aliphatic heterocycles. The number of carbonyl (C=O) groups is 1. The zero-order valence-corrected chi connectivity index (χ0v) is 8.80. The van der Waals surface area contributed by atoms with Gasteiger partial charge in [0.15, 0.2) is 11.6 Å². The van der Waals surface area contributed by atoms with E-state index < -0.39 is 11.8 Å². The van der Waals surface area contributed by atoms with Crippen molar-refractivity contribution < 1.29 is 19.0 Å². The number of rotatable bonds is 2. The van der Waals surface area contributed by atoms with Crippen molar-refractivity contribution in [3.63, 3.8) is 0 Å². The number of fused-ring (bicyclic) bond motifs is 1. The van der Waals surface area contributed by atoms with Gasteiger partial charge in [0.05, 0.1) is 18.1 Å². The molecule has 16 heavy (non-hydrogen) atoms. The van der Waals surface area contributed by atoms with Gasteiger partial charge in [-0.2, -0.15) is 0 Å². The standard InChI is InChI=1S/C11H10FNO3/c1-5-8(11(14)15)9-6(13-5)3-4-7(16-2)10(9)12/h3-4,13H,1-2H3,(H,14,15). The van der Waals surface area contributed by atoms with Crippen molar-refractivity contribution in [2.75, 3.05) is 7.11 Å². The van der Waals surface area contributed by atoms with Gasteiger partial charge in [-0.25, -0.2) is 9.18 Å². The smallest absolute Gasteiger partial charge is 0.338 e. The zero-order valence-electron chi connectivity index (χ0n) is 8.80. The summed E-state index contributed by atoms with van der Waals surface area (Å²) in [5.74, 6) is -1.77. The van der Waals surface area contributed by atoms with Crippen LogP contribution in [0.25, 0.3) is 10.9 Å². The van der Waals surface area contributed by atoms with Crippen LogP contribution < -0.4 is 4.74 Å². The van der Waals surface area contributed by atoms with Crippen molar-refractivity contribution in [1.29, 1.82) is 0 Å². The van der Waals surface area contributed by atoms with Gasteiger partial charge in [0, 0.05) is 11.2 Å². The van der Waals surface area contributed by atoms with Gasteiger partial charge >= 0.3 is 5.97 Å². The molecule has 0 bridgehead atoms. The number of aromatic carboxylic acids is 1. The molecular formula is C11H10FNO3. The lowest BCUT2D eigenvalue weighted by atomic mass is 10.1. The minimum Gasteiger partial charge on any atom is -0.494 e. The number of methoxy groups -OCH3 is 1. The van der Waals surface area contributed by atoms with Gasteiger partial charge in [-0.1, -0.05) is 0 Å². The fourth-order valence-electron chi connectivity index (χ4n) is 1.78. The van der Waals surface area contributed by atoms with Crippen LogP contribution in [0.4, 0.5) is 4.39 Å². The Morgan fingerprint density at radius 3 is 2.75 bits per heavy atom. The van der Waals surface area contributed by atoms with Gasteiger partial charge in [0.1, 0.15) is 0 Å². The van der Waals surface area contributed by atoms with E-state index >= 15 is 0 Å². The van der Waals surface area contributed by atoms with Gasteiger partial charge < -0.3 is 14.8 Å². The molecule has 2 aromatic rings. The van der Waals surface area contributed by atoms with Crippen LogP contribution in [0.1, 0.15) is 16.1 Å². The number of benzene rings is 1. The van der Waals surface area contributed by atoms with E-state index in [-0.39, 0.29) is 16.7 Å². The van der Waals surface area contributed by atoms with E-state index in [0.29, 0.717) is 11.2 Å². The summed E-state index contributed by atoms with van der Waals surface area (Å²) in [5.41, 5.74) is 0.828. The summed E-state index contributed by atoms with van der Waals surface area (Å²) >= 11 is 0. The Morgan fingerprint density at radius 2 is 2.19 bits per heavy atom. The maximum Gasteiger partial charge on any atom is 0.338 e. The van der Waals surface area contributed by atoms with Crippen LogP contribution >= 0.6 is 0 Å². The van der Waals surface area contributed by atoms with E-state index in [2.05, 4.69) is 4.98 Å². The largest absolute Gasteiger partial charge is 0.494 e. The van der Waals surface area contributed by atoms with Crippen molar-refractivity contribution in [3.05, 3.63) is 29.2 Å². The van der Waals surface area contributed by atoms with Gasteiger partial charge in [0.2, 0.25) is 0 Å². The van der Waals surface area contributed by atoms with E-state index in [1.807, 2.05) is 0 Å². The lowest BCUT2D eigenvalue weighted by Crippen LogP contribution is -1.99. The van der Waals surface area contributed by atoms with Crippen LogP contribution in [0.5, 0.6) is 5.75 Å². The molecule has 0 aliphatic carbocycles. The second-order valence-corrected chi connectivity index (χ2v) is 3.43. The van der Waals surface area contributed by atoms with Crippen LogP contribution in [0.15, 0.2) is 12.1 Å². The van der Waals surface area contributed by atoms with E-state index in [0.717, 1.165) is 0 Å². The number of carboxylic acids is 1. The molecule has 0 saturated heterocycles. The van der Waals surface area contributed by atoms with Crippen molar-refractivity contribution >= 4 is 16.9 Å². The number of hydrogen-bond acceptors (Lipinski definition) is 2. The summed E-state index contributed by atoms with van der Waals surface area (Å²) in [6.45, 7) is 1.59. The highest BCUT2D eigenvalue weighted by molar-refractivity contribution is 6.05. The number of carboxylic acid groups (broad SMARTS) is 1. The third-order valence-electron chi connectivity index (χ3n) is 2.49. The first-order valence-corrected chi connectivity index (χ1v) is 4.64.